The second kappa shape index (κ2) is 6.55. The molecule has 0 spiro atoms. The molecule has 0 aliphatic carbocycles. The number of hydrogen-bond acceptors (Lipinski definition) is 4. The maximum Gasteiger partial charge on any atom is 0.227 e. The molecule has 3 aromatic rings. The predicted octanol–water partition coefficient (Wildman–Crippen LogP) is 3.60. The highest BCUT2D eigenvalue weighted by atomic mass is 19.1. The van der Waals surface area contributed by atoms with E-state index in [4.69, 9.17) is 4.52 Å². The Morgan fingerprint density at radius 2 is 2.23 bits per heavy atom. The van der Waals surface area contributed by atoms with Gasteiger partial charge in [0, 0.05) is 12.1 Å². The molecule has 136 valence electrons. The first-order valence-electron chi connectivity index (χ1n) is 8.89. The van der Waals surface area contributed by atoms with E-state index in [0.29, 0.717) is 23.3 Å². The molecule has 1 atom stereocenters. The highest BCUT2D eigenvalue weighted by molar-refractivity contribution is 5.80. The number of aromatic amines is 1. The van der Waals surface area contributed by atoms with Gasteiger partial charge in [-0.3, -0.25) is 4.79 Å². The van der Waals surface area contributed by atoms with Crippen LogP contribution in [0.25, 0.3) is 11.0 Å². The number of hydrogen-bond donors (Lipinski definition) is 1. The van der Waals surface area contributed by atoms with Gasteiger partial charge in [-0.05, 0) is 51.3 Å². The van der Waals surface area contributed by atoms with Crippen molar-refractivity contribution < 1.29 is 13.7 Å². The lowest BCUT2D eigenvalue weighted by Crippen LogP contribution is -2.40. The van der Waals surface area contributed by atoms with Crippen molar-refractivity contribution >= 4 is 16.9 Å². The summed E-state index contributed by atoms with van der Waals surface area (Å²) >= 11 is 0. The number of halogens is 1. The lowest BCUT2D eigenvalue weighted by Gasteiger charge is -2.34. The number of amides is 1. The van der Waals surface area contributed by atoms with Crippen LogP contribution in [0, 0.1) is 19.7 Å². The van der Waals surface area contributed by atoms with Crippen LogP contribution in [0.4, 0.5) is 4.39 Å². The van der Waals surface area contributed by atoms with Crippen molar-refractivity contribution in [2.45, 2.75) is 45.6 Å². The van der Waals surface area contributed by atoms with Crippen molar-refractivity contribution in [1.29, 1.82) is 0 Å². The average molecular weight is 356 g/mol. The summed E-state index contributed by atoms with van der Waals surface area (Å²) in [6.07, 6.45) is 3.12. The van der Waals surface area contributed by atoms with Crippen LogP contribution in [0.5, 0.6) is 0 Å². The monoisotopic (exact) mass is 356 g/mol. The fourth-order valence-corrected chi connectivity index (χ4v) is 3.68. The zero-order valence-corrected chi connectivity index (χ0v) is 14.9. The van der Waals surface area contributed by atoms with E-state index < -0.39 is 0 Å². The van der Waals surface area contributed by atoms with Gasteiger partial charge in [0.25, 0.3) is 0 Å². The fraction of sp³-hybridized carbons (Fsp3) is 0.421. The molecule has 3 heterocycles. The Morgan fingerprint density at radius 3 is 3.00 bits per heavy atom. The molecule has 0 radical (unpaired) electrons. The third-order valence-corrected chi connectivity index (χ3v) is 5.11. The van der Waals surface area contributed by atoms with E-state index in [1.807, 2.05) is 18.7 Å². The van der Waals surface area contributed by atoms with Crippen LogP contribution >= 0.6 is 0 Å². The first-order valence-corrected chi connectivity index (χ1v) is 8.89. The van der Waals surface area contributed by atoms with Crippen molar-refractivity contribution in [2.75, 3.05) is 6.54 Å². The van der Waals surface area contributed by atoms with Crippen LogP contribution in [0.2, 0.25) is 0 Å². The summed E-state index contributed by atoms with van der Waals surface area (Å²) < 4.78 is 18.6. The Labute approximate surface area is 150 Å². The molecular weight excluding hydrogens is 335 g/mol. The van der Waals surface area contributed by atoms with Gasteiger partial charge in [0.1, 0.15) is 17.4 Å². The number of imidazole rings is 1. The number of nitrogens with zero attached hydrogens (tertiary/aromatic N) is 3. The van der Waals surface area contributed by atoms with Gasteiger partial charge in [-0.25, -0.2) is 9.37 Å². The summed E-state index contributed by atoms with van der Waals surface area (Å²) in [6.45, 7) is 4.36. The number of rotatable bonds is 3. The lowest BCUT2D eigenvalue weighted by molar-refractivity contribution is -0.134. The summed E-state index contributed by atoms with van der Waals surface area (Å²) in [5.41, 5.74) is 2.98. The van der Waals surface area contributed by atoms with Gasteiger partial charge in [0.2, 0.25) is 5.91 Å². The van der Waals surface area contributed by atoms with Gasteiger partial charge in [0.15, 0.2) is 0 Å². The molecule has 1 unspecified atom stereocenters. The number of nitrogens with one attached hydrogen (secondary N) is 1. The van der Waals surface area contributed by atoms with Gasteiger partial charge in [-0.2, -0.15) is 0 Å². The lowest BCUT2D eigenvalue weighted by atomic mass is 10.00. The van der Waals surface area contributed by atoms with Crippen molar-refractivity contribution in [2.24, 2.45) is 0 Å². The van der Waals surface area contributed by atoms with E-state index in [0.717, 1.165) is 36.3 Å². The number of piperidine rings is 1. The molecular formula is C19H21FN4O2. The normalized spacial score (nSPS) is 17.8. The number of likely N-dealkylation sites (tertiary alicyclic amines) is 1. The number of fused-ring (bicyclic) bond motifs is 1. The Hall–Kier alpha value is -2.70. The second-order valence-corrected chi connectivity index (χ2v) is 6.86. The molecule has 1 aromatic carbocycles. The van der Waals surface area contributed by atoms with Crippen LogP contribution < -0.4 is 0 Å². The summed E-state index contributed by atoms with van der Waals surface area (Å²) in [5, 5.41) is 3.93. The maximum atomic E-state index is 13.5. The first-order chi connectivity index (χ1) is 12.5. The van der Waals surface area contributed by atoms with Gasteiger partial charge < -0.3 is 14.4 Å². The van der Waals surface area contributed by atoms with Crippen LogP contribution in [0.1, 0.15) is 48.1 Å². The Bertz CT molecular complexity index is 942. The Balaban J connectivity index is 1.62. The van der Waals surface area contributed by atoms with Gasteiger partial charge in [0.05, 0.1) is 29.2 Å². The summed E-state index contributed by atoms with van der Waals surface area (Å²) in [5.74, 6) is 1.14. The first kappa shape index (κ1) is 16.8. The molecule has 0 bridgehead atoms. The minimum atomic E-state index is -0.303. The van der Waals surface area contributed by atoms with Crippen LogP contribution in [0.3, 0.4) is 0 Å². The number of carbonyl (C=O) groups is 1. The number of carbonyl (C=O) groups excluding carboxylic acids is 1. The predicted molar refractivity (Wildman–Crippen MR) is 94.0 cm³/mol. The SMILES string of the molecule is Cc1noc(C)c1CC(=O)N1CCCCC1c1nc2ccc(F)cc2[nH]1. The standard InChI is InChI=1S/C19H21FN4O2/c1-11-14(12(2)26-23-11)10-18(25)24-8-4-3-5-17(24)19-21-15-7-6-13(20)9-16(15)22-19/h6-7,9,17H,3-5,8,10H2,1-2H3,(H,21,22). The topological polar surface area (TPSA) is 75.0 Å². The zero-order chi connectivity index (χ0) is 18.3. The van der Waals surface area contributed by atoms with Gasteiger partial charge >= 0.3 is 0 Å². The van der Waals surface area contributed by atoms with Gasteiger partial charge in [-0.15, -0.1) is 0 Å². The van der Waals surface area contributed by atoms with E-state index in [-0.39, 0.29) is 24.2 Å². The minimum Gasteiger partial charge on any atom is -0.361 e. The van der Waals surface area contributed by atoms with Crippen molar-refractivity contribution in [3.05, 3.63) is 46.9 Å². The molecule has 0 saturated carbocycles. The molecule has 1 saturated heterocycles. The number of H-pyrrole nitrogens is 1. The molecule has 1 aliphatic rings. The van der Waals surface area contributed by atoms with Crippen molar-refractivity contribution in [3.8, 4) is 0 Å². The van der Waals surface area contributed by atoms with E-state index >= 15 is 0 Å². The van der Waals surface area contributed by atoms with Crippen molar-refractivity contribution in [1.82, 2.24) is 20.0 Å². The Kier molecular flexibility index (Phi) is 4.22. The third-order valence-electron chi connectivity index (χ3n) is 5.11. The molecule has 1 aliphatic heterocycles. The number of aryl methyl sites for hydroxylation is 2. The molecule has 26 heavy (non-hydrogen) atoms. The fourth-order valence-electron chi connectivity index (χ4n) is 3.68. The summed E-state index contributed by atoms with van der Waals surface area (Å²) in [4.78, 5) is 22.6. The second-order valence-electron chi connectivity index (χ2n) is 6.86. The van der Waals surface area contributed by atoms with Crippen LogP contribution in [-0.4, -0.2) is 32.5 Å². The van der Waals surface area contributed by atoms with Gasteiger partial charge in [-0.1, -0.05) is 5.16 Å². The van der Waals surface area contributed by atoms with Crippen LogP contribution in [-0.2, 0) is 11.2 Å². The molecule has 1 N–H and O–H groups in total. The molecule has 4 rings (SSSR count). The Morgan fingerprint density at radius 1 is 1.38 bits per heavy atom. The zero-order valence-electron chi connectivity index (χ0n) is 14.9. The van der Waals surface area contributed by atoms with E-state index in [1.165, 1.54) is 12.1 Å². The number of benzene rings is 1. The third kappa shape index (κ3) is 2.98. The van der Waals surface area contributed by atoms with Crippen LogP contribution in [0.15, 0.2) is 22.7 Å². The molecule has 2 aromatic heterocycles. The molecule has 6 nitrogen and oxygen atoms in total. The quantitative estimate of drug-likeness (QED) is 0.778. The largest absolute Gasteiger partial charge is 0.361 e. The smallest absolute Gasteiger partial charge is 0.227 e. The average Bonchev–Trinajstić information content (AvgIpc) is 3.19. The summed E-state index contributed by atoms with van der Waals surface area (Å²) in [7, 11) is 0. The molecule has 7 heteroatoms. The van der Waals surface area contributed by atoms with Crippen molar-refractivity contribution in [3.63, 3.8) is 0 Å². The molecule has 1 fully saturated rings. The number of aromatic nitrogens is 3. The van der Waals surface area contributed by atoms with E-state index in [2.05, 4.69) is 15.1 Å². The highest BCUT2D eigenvalue weighted by Gasteiger charge is 2.31. The maximum absolute atomic E-state index is 13.5. The molecule has 1 amide bonds. The van der Waals surface area contributed by atoms with E-state index in [1.54, 1.807) is 6.07 Å². The minimum absolute atomic E-state index is 0.0377. The highest BCUT2D eigenvalue weighted by Crippen LogP contribution is 2.31. The summed E-state index contributed by atoms with van der Waals surface area (Å²) in [6, 6.07) is 4.37. The van der Waals surface area contributed by atoms with E-state index in [9.17, 15) is 9.18 Å².